The third-order valence-corrected chi connectivity index (χ3v) is 4.45. The van der Waals surface area contributed by atoms with Gasteiger partial charge in [0.2, 0.25) is 0 Å². The van der Waals surface area contributed by atoms with Crippen molar-refractivity contribution in [1.29, 1.82) is 0 Å². The van der Waals surface area contributed by atoms with Crippen LogP contribution in [0.2, 0.25) is 0 Å². The molecule has 1 fully saturated rings. The Balaban J connectivity index is 1.82. The smallest absolute Gasteiger partial charge is 0.191 e. The third-order valence-electron chi connectivity index (χ3n) is 4.45. The number of hydrogen-bond acceptors (Lipinski definition) is 3. The van der Waals surface area contributed by atoms with E-state index in [0.717, 1.165) is 44.3 Å². The molecule has 2 N–H and O–H groups in total. The second-order valence-corrected chi connectivity index (χ2v) is 6.35. The number of hydrogen-bond donors (Lipinski definition) is 2. The fraction of sp³-hybridized carbons (Fsp3) is 0.722. The lowest BCUT2D eigenvalue weighted by Gasteiger charge is -2.31. The van der Waals surface area contributed by atoms with Crippen LogP contribution in [0.3, 0.4) is 0 Å². The number of nitrogens with one attached hydrogen (secondary N) is 2. The molecule has 1 heterocycles. The van der Waals surface area contributed by atoms with Crippen molar-refractivity contribution in [3.8, 4) is 0 Å². The highest BCUT2D eigenvalue weighted by Gasteiger charge is 2.21. The van der Waals surface area contributed by atoms with Gasteiger partial charge in [-0.3, -0.25) is 4.99 Å². The molecule has 5 nitrogen and oxygen atoms in total. The zero-order chi connectivity index (χ0) is 16.3. The minimum absolute atomic E-state index is 0.529. The molecule has 2 atom stereocenters. The Hall–Kier alpha value is -1.49. The standard InChI is InChI=1S/C18H31N3O2/c1-15-7-3-4-9-17(15)21-18(19-11-6-13-22-2)20-12-10-16-8-5-14-23-16/h5,8,14-15,17H,3-4,6-7,9-13H2,1-2H3,(H2,19,20,21). The molecule has 0 aromatic carbocycles. The van der Waals surface area contributed by atoms with Crippen molar-refractivity contribution in [2.45, 2.75) is 51.5 Å². The van der Waals surface area contributed by atoms with Crippen molar-refractivity contribution in [3.63, 3.8) is 0 Å². The lowest BCUT2D eigenvalue weighted by atomic mass is 9.86. The Morgan fingerprint density at radius 1 is 1.39 bits per heavy atom. The zero-order valence-electron chi connectivity index (χ0n) is 14.5. The van der Waals surface area contributed by atoms with Crippen LogP contribution < -0.4 is 10.6 Å². The molecule has 0 amide bonds. The normalized spacial score (nSPS) is 22.1. The Bertz CT molecular complexity index is 445. The quantitative estimate of drug-likeness (QED) is 0.439. The van der Waals surface area contributed by atoms with Gasteiger partial charge in [0.25, 0.3) is 0 Å². The Labute approximate surface area is 139 Å². The molecule has 1 aliphatic carbocycles. The third kappa shape index (κ3) is 6.65. The summed E-state index contributed by atoms with van der Waals surface area (Å²) >= 11 is 0. The predicted octanol–water partition coefficient (Wildman–Crippen LogP) is 2.97. The van der Waals surface area contributed by atoms with Crippen LogP contribution in [0.15, 0.2) is 27.8 Å². The molecular formula is C18H31N3O2. The van der Waals surface area contributed by atoms with E-state index in [1.807, 2.05) is 12.1 Å². The summed E-state index contributed by atoms with van der Waals surface area (Å²) in [6, 6.07) is 4.46. The van der Waals surface area contributed by atoms with Gasteiger partial charge in [-0.15, -0.1) is 0 Å². The van der Waals surface area contributed by atoms with Crippen LogP contribution in [0.4, 0.5) is 0 Å². The highest BCUT2D eigenvalue weighted by atomic mass is 16.5. The van der Waals surface area contributed by atoms with E-state index in [1.54, 1.807) is 13.4 Å². The van der Waals surface area contributed by atoms with Crippen molar-refractivity contribution in [1.82, 2.24) is 10.6 Å². The van der Waals surface area contributed by atoms with Crippen LogP contribution in [0.5, 0.6) is 0 Å². The van der Waals surface area contributed by atoms with Gasteiger partial charge in [-0.25, -0.2) is 0 Å². The first-order valence-electron chi connectivity index (χ1n) is 8.85. The van der Waals surface area contributed by atoms with Crippen molar-refractivity contribution in [2.75, 3.05) is 26.8 Å². The van der Waals surface area contributed by atoms with E-state index in [9.17, 15) is 0 Å². The average molecular weight is 321 g/mol. The largest absolute Gasteiger partial charge is 0.469 e. The van der Waals surface area contributed by atoms with Gasteiger partial charge < -0.3 is 19.8 Å². The average Bonchev–Trinajstić information content (AvgIpc) is 3.06. The molecule has 0 spiro atoms. The molecule has 1 aliphatic rings. The van der Waals surface area contributed by atoms with Crippen molar-refractivity contribution >= 4 is 5.96 Å². The molecule has 0 aliphatic heterocycles. The molecular weight excluding hydrogens is 290 g/mol. The SMILES string of the molecule is COCCCN=C(NCCc1ccco1)NC1CCCCC1C. The summed E-state index contributed by atoms with van der Waals surface area (Å²) in [5, 5.41) is 7.07. The summed E-state index contributed by atoms with van der Waals surface area (Å²) in [7, 11) is 1.73. The summed E-state index contributed by atoms with van der Waals surface area (Å²) in [5.74, 6) is 2.63. The zero-order valence-corrected chi connectivity index (χ0v) is 14.5. The maximum absolute atomic E-state index is 5.38. The van der Waals surface area contributed by atoms with Gasteiger partial charge in [0.15, 0.2) is 5.96 Å². The van der Waals surface area contributed by atoms with E-state index >= 15 is 0 Å². The number of guanidine groups is 1. The van der Waals surface area contributed by atoms with E-state index in [4.69, 9.17) is 14.1 Å². The Kier molecular flexibility index (Phi) is 8.01. The monoisotopic (exact) mass is 321 g/mol. The van der Waals surface area contributed by atoms with E-state index in [-0.39, 0.29) is 0 Å². The van der Waals surface area contributed by atoms with Crippen molar-refractivity contribution in [3.05, 3.63) is 24.2 Å². The second kappa shape index (κ2) is 10.3. The molecule has 1 saturated carbocycles. The summed E-state index contributed by atoms with van der Waals surface area (Å²) < 4.78 is 10.5. The summed E-state index contributed by atoms with van der Waals surface area (Å²) in [6.45, 7) is 4.70. The highest BCUT2D eigenvalue weighted by Crippen LogP contribution is 2.23. The maximum atomic E-state index is 5.38. The summed E-state index contributed by atoms with van der Waals surface area (Å²) in [5.41, 5.74) is 0. The lowest BCUT2D eigenvalue weighted by Crippen LogP contribution is -2.47. The first kappa shape index (κ1) is 17.9. The van der Waals surface area contributed by atoms with E-state index < -0.39 is 0 Å². The van der Waals surface area contributed by atoms with Gasteiger partial charge in [-0.05, 0) is 37.3 Å². The topological polar surface area (TPSA) is 58.8 Å². The first-order valence-corrected chi connectivity index (χ1v) is 8.85. The van der Waals surface area contributed by atoms with E-state index in [0.29, 0.717) is 12.0 Å². The van der Waals surface area contributed by atoms with Gasteiger partial charge >= 0.3 is 0 Å². The van der Waals surface area contributed by atoms with Crippen LogP contribution in [0, 0.1) is 5.92 Å². The molecule has 2 unspecified atom stereocenters. The van der Waals surface area contributed by atoms with Crippen LogP contribution in [-0.4, -0.2) is 38.8 Å². The lowest BCUT2D eigenvalue weighted by molar-refractivity contribution is 0.197. The van der Waals surface area contributed by atoms with Crippen LogP contribution in [0.25, 0.3) is 0 Å². The number of rotatable bonds is 8. The summed E-state index contributed by atoms with van der Waals surface area (Å²) in [4.78, 5) is 4.69. The van der Waals surface area contributed by atoms with Gasteiger partial charge in [0, 0.05) is 39.3 Å². The summed E-state index contributed by atoms with van der Waals surface area (Å²) in [6.07, 6.45) is 8.74. The molecule has 0 radical (unpaired) electrons. The number of aliphatic imine (C=N–C) groups is 1. The molecule has 0 saturated heterocycles. The predicted molar refractivity (Wildman–Crippen MR) is 93.8 cm³/mol. The van der Waals surface area contributed by atoms with Crippen LogP contribution in [0.1, 0.15) is 44.8 Å². The molecule has 130 valence electrons. The van der Waals surface area contributed by atoms with Crippen LogP contribution in [-0.2, 0) is 11.2 Å². The van der Waals surface area contributed by atoms with E-state index in [1.165, 1.54) is 25.7 Å². The highest BCUT2D eigenvalue weighted by molar-refractivity contribution is 5.80. The molecule has 0 bridgehead atoms. The maximum Gasteiger partial charge on any atom is 0.191 e. The minimum Gasteiger partial charge on any atom is -0.469 e. The number of methoxy groups -OCH3 is 1. The minimum atomic E-state index is 0.529. The molecule has 5 heteroatoms. The molecule has 23 heavy (non-hydrogen) atoms. The Morgan fingerprint density at radius 3 is 3.00 bits per heavy atom. The number of nitrogens with zero attached hydrogens (tertiary/aromatic N) is 1. The van der Waals surface area contributed by atoms with Crippen molar-refractivity contribution < 1.29 is 9.15 Å². The van der Waals surface area contributed by atoms with E-state index in [2.05, 4.69) is 17.6 Å². The van der Waals surface area contributed by atoms with Gasteiger partial charge in [-0.2, -0.15) is 0 Å². The molecule has 1 aromatic rings. The Morgan fingerprint density at radius 2 is 2.26 bits per heavy atom. The van der Waals surface area contributed by atoms with Gasteiger partial charge in [0.1, 0.15) is 5.76 Å². The van der Waals surface area contributed by atoms with Crippen LogP contribution >= 0.6 is 0 Å². The molecule has 1 aromatic heterocycles. The number of ether oxygens (including phenoxy) is 1. The fourth-order valence-electron chi connectivity index (χ4n) is 3.02. The van der Waals surface area contributed by atoms with Crippen molar-refractivity contribution in [2.24, 2.45) is 10.9 Å². The molecule has 2 rings (SSSR count). The van der Waals surface area contributed by atoms with Gasteiger partial charge in [0.05, 0.1) is 6.26 Å². The number of furan rings is 1. The fourth-order valence-corrected chi connectivity index (χ4v) is 3.02. The first-order chi connectivity index (χ1) is 11.3. The second-order valence-electron chi connectivity index (χ2n) is 6.35. The van der Waals surface area contributed by atoms with Gasteiger partial charge in [-0.1, -0.05) is 19.8 Å².